The highest BCUT2D eigenvalue weighted by atomic mass is 16.5. The molecule has 1 saturated heterocycles. The lowest BCUT2D eigenvalue weighted by Crippen LogP contribution is -2.33. The normalized spacial score (nSPS) is 21.7. The molecule has 2 aromatic carbocycles. The Morgan fingerprint density at radius 3 is 2.55 bits per heavy atom. The van der Waals surface area contributed by atoms with Crippen LogP contribution in [0.4, 0.5) is 0 Å². The maximum Gasteiger partial charge on any atom is 0.126 e. The second-order valence-corrected chi connectivity index (χ2v) is 7.72. The van der Waals surface area contributed by atoms with Crippen molar-refractivity contribution in [2.75, 3.05) is 6.61 Å². The summed E-state index contributed by atoms with van der Waals surface area (Å²) in [7, 11) is 0. The van der Waals surface area contributed by atoms with Gasteiger partial charge in [-0.1, -0.05) is 12.1 Å². The SMILES string of the molecule is CC(C)Oc1cc(C#N)c(Cc2ccc(O)cc2)cc1C1CC(O)CC(CO)O1. The monoisotopic (exact) mass is 397 g/mol. The first kappa shape index (κ1) is 21.1. The number of rotatable bonds is 6. The van der Waals surface area contributed by atoms with Crippen molar-refractivity contribution in [3.8, 4) is 17.6 Å². The number of hydrogen-bond donors (Lipinski definition) is 3. The molecule has 0 bridgehead atoms. The predicted octanol–water partition coefficient (Wildman–Crippen LogP) is 3.22. The molecule has 1 fully saturated rings. The van der Waals surface area contributed by atoms with E-state index in [0.717, 1.165) is 16.7 Å². The maximum atomic E-state index is 10.2. The molecule has 1 aliphatic heterocycles. The first-order chi connectivity index (χ1) is 13.9. The molecule has 29 heavy (non-hydrogen) atoms. The summed E-state index contributed by atoms with van der Waals surface area (Å²) in [6.45, 7) is 3.66. The Morgan fingerprint density at radius 1 is 1.21 bits per heavy atom. The Hall–Kier alpha value is -2.59. The fraction of sp³-hybridized carbons (Fsp3) is 0.435. The highest BCUT2D eigenvalue weighted by Gasteiger charge is 2.31. The molecule has 0 saturated carbocycles. The molecule has 0 aromatic heterocycles. The van der Waals surface area contributed by atoms with Gasteiger partial charge >= 0.3 is 0 Å². The second-order valence-electron chi connectivity index (χ2n) is 7.72. The van der Waals surface area contributed by atoms with Crippen LogP contribution in [-0.4, -0.2) is 40.2 Å². The van der Waals surface area contributed by atoms with E-state index in [2.05, 4.69) is 6.07 Å². The molecule has 2 aromatic rings. The van der Waals surface area contributed by atoms with Crippen molar-refractivity contribution in [2.45, 2.75) is 57.5 Å². The van der Waals surface area contributed by atoms with Gasteiger partial charge < -0.3 is 24.8 Å². The topological polar surface area (TPSA) is 103 Å². The van der Waals surface area contributed by atoms with Crippen molar-refractivity contribution in [1.82, 2.24) is 0 Å². The number of ether oxygens (including phenoxy) is 2. The van der Waals surface area contributed by atoms with E-state index >= 15 is 0 Å². The molecule has 0 amide bonds. The summed E-state index contributed by atoms with van der Waals surface area (Å²) >= 11 is 0. The summed E-state index contributed by atoms with van der Waals surface area (Å²) in [4.78, 5) is 0. The third-order valence-electron chi connectivity index (χ3n) is 4.98. The molecule has 1 aliphatic rings. The van der Waals surface area contributed by atoms with Crippen molar-refractivity contribution >= 4 is 0 Å². The number of benzene rings is 2. The van der Waals surface area contributed by atoms with Gasteiger partial charge in [-0.05, 0) is 55.7 Å². The molecule has 0 radical (unpaired) electrons. The van der Waals surface area contributed by atoms with Crippen LogP contribution in [0.2, 0.25) is 0 Å². The number of nitriles is 1. The molecule has 154 valence electrons. The van der Waals surface area contributed by atoms with Crippen molar-refractivity contribution in [3.63, 3.8) is 0 Å². The van der Waals surface area contributed by atoms with Crippen molar-refractivity contribution < 1.29 is 24.8 Å². The molecule has 3 N–H and O–H groups in total. The third kappa shape index (κ3) is 5.27. The Labute approximate surface area is 170 Å². The minimum absolute atomic E-state index is 0.0922. The summed E-state index contributed by atoms with van der Waals surface area (Å²) in [5, 5.41) is 38.9. The quantitative estimate of drug-likeness (QED) is 0.692. The van der Waals surface area contributed by atoms with Crippen LogP contribution in [-0.2, 0) is 11.2 Å². The predicted molar refractivity (Wildman–Crippen MR) is 108 cm³/mol. The average Bonchev–Trinajstić information content (AvgIpc) is 2.69. The minimum atomic E-state index is -0.575. The molecule has 3 rings (SSSR count). The lowest BCUT2D eigenvalue weighted by Gasteiger charge is -2.33. The molecule has 6 heteroatoms. The van der Waals surface area contributed by atoms with Crippen LogP contribution in [0.3, 0.4) is 0 Å². The Kier molecular flexibility index (Phi) is 6.75. The zero-order chi connectivity index (χ0) is 21.0. The van der Waals surface area contributed by atoms with Crippen LogP contribution >= 0.6 is 0 Å². The van der Waals surface area contributed by atoms with E-state index in [9.17, 15) is 20.6 Å². The molecular formula is C23H27NO5. The number of hydrogen-bond acceptors (Lipinski definition) is 6. The van der Waals surface area contributed by atoms with Crippen LogP contribution in [0.1, 0.15) is 55.0 Å². The van der Waals surface area contributed by atoms with Gasteiger partial charge in [-0.3, -0.25) is 0 Å². The summed E-state index contributed by atoms with van der Waals surface area (Å²) in [6.07, 6.45) is -0.238. The summed E-state index contributed by atoms with van der Waals surface area (Å²) < 4.78 is 12.0. The highest BCUT2D eigenvalue weighted by molar-refractivity contribution is 5.51. The lowest BCUT2D eigenvalue weighted by atomic mass is 9.91. The van der Waals surface area contributed by atoms with Gasteiger partial charge in [-0.15, -0.1) is 0 Å². The lowest BCUT2D eigenvalue weighted by molar-refractivity contribution is -0.114. The number of aromatic hydroxyl groups is 1. The molecule has 0 spiro atoms. The van der Waals surface area contributed by atoms with Gasteiger partial charge in [0.15, 0.2) is 0 Å². The van der Waals surface area contributed by atoms with Gasteiger partial charge in [-0.25, -0.2) is 0 Å². The standard InChI is InChI=1S/C23H27NO5/c1-14(2)28-22-9-17(12-24)16(7-15-3-5-18(26)6-4-15)8-21(22)23-11-19(27)10-20(13-25)29-23/h3-6,8-9,14,19-20,23,25-27H,7,10-11,13H2,1-2H3. The summed E-state index contributed by atoms with van der Waals surface area (Å²) in [6, 6.07) is 12.7. The number of phenolic OH excluding ortho intramolecular Hbond substituents is 1. The van der Waals surface area contributed by atoms with E-state index in [1.807, 2.05) is 32.0 Å². The molecule has 0 aliphatic carbocycles. The fourth-order valence-corrected chi connectivity index (χ4v) is 3.64. The number of phenols is 1. The largest absolute Gasteiger partial charge is 0.508 e. The van der Waals surface area contributed by atoms with E-state index < -0.39 is 18.3 Å². The second kappa shape index (κ2) is 9.27. The van der Waals surface area contributed by atoms with Crippen LogP contribution in [0.5, 0.6) is 11.5 Å². The zero-order valence-electron chi connectivity index (χ0n) is 16.7. The summed E-state index contributed by atoms with van der Waals surface area (Å²) in [5.74, 6) is 0.747. The molecular weight excluding hydrogens is 370 g/mol. The third-order valence-corrected chi connectivity index (χ3v) is 4.98. The van der Waals surface area contributed by atoms with Gasteiger partial charge in [0, 0.05) is 18.4 Å². The van der Waals surface area contributed by atoms with E-state index in [0.29, 0.717) is 30.6 Å². The molecule has 3 unspecified atom stereocenters. The van der Waals surface area contributed by atoms with Crippen LogP contribution < -0.4 is 4.74 Å². The van der Waals surface area contributed by atoms with Gasteiger partial charge in [-0.2, -0.15) is 5.26 Å². The average molecular weight is 397 g/mol. The first-order valence-corrected chi connectivity index (χ1v) is 9.85. The van der Waals surface area contributed by atoms with Crippen molar-refractivity contribution in [2.24, 2.45) is 0 Å². The fourth-order valence-electron chi connectivity index (χ4n) is 3.64. The molecule has 3 atom stereocenters. The number of aliphatic hydroxyl groups excluding tert-OH is 2. The number of aliphatic hydroxyl groups is 2. The Morgan fingerprint density at radius 2 is 1.93 bits per heavy atom. The molecule has 6 nitrogen and oxygen atoms in total. The van der Waals surface area contributed by atoms with Gasteiger partial charge in [0.2, 0.25) is 0 Å². The first-order valence-electron chi connectivity index (χ1n) is 9.85. The van der Waals surface area contributed by atoms with Crippen molar-refractivity contribution in [3.05, 3.63) is 58.7 Å². The maximum absolute atomic E-state index is 10.2. The Balaban J connectivity index is 2.01. The van der Waals surface area contributed by atoms with Gasteiger partial charge in [0.05, 0.1) is 42.7 Å². The van der Waals surface area contributed by atoms with Gasteiger partial charge in [0.1, 0.15) is 11.5 Å². The minimum Gasteiger partial charge on any atom is -0.508 e. The Bertz CT molecular complexity index is 872. The summed E-state index contributed by atoms with van der Waals surface area (Å²) in [5.41, 5.74) is 3.05. The van der Waals surface area contributed by atoms with Crippen LogP contribution in [0.25, 0.3) is 0 Å². The van der Waals surface area contributed by atoms with E-state index in [-0.39, 0.29) is 18.5 Å². The van der Waals surface area contributed by atoms with Crippen LogP contribution in [0, 0.1) is 11.3 Å². The zero-order valence-corrected chi connectivity index (χ0v) is 16.7. The molecule has 1 heterocycles. The highest BCUT2D eigenvalue weighted by Crippen LogP contribution is 2.38. The van der Waals surface area contributed by atoms with E-state index in [1.165, 1.54) is 0 Å². The smallest absolute Gasteiger partial charge is 0.126 e. The van der Waals surface area contributed by atoms with Crippen molar-refractivity contribution in [1.29, 1.82) is 5.26 Å². The number of nitrogens with zero attached hydrogens (tertiary/aromatic N) is 1. The van der Waals surface area contributed by atoms with E-state index in [1.54, 1.807) is 18.2 Å². The van der Waals surface area contributed by atoms with E-state index in [4.69, 9.17) is 9.47 Å². The van der Waals surface area contributed by atoms with Crippen LogP contribution in [0.15, 0.2) is 36.4 Å². The van der Waals surface area contributed by atoms with Gasteiger partial charge in [0.25, 0.3) is 0 Å².